The van der Waals surface area contributed by atoms with Gasteiger partial charge in [-0.3, -0.25) is 0 Å². The van der Waals surface area contributed by atoms with Crippen LogP contribution in [-0.2, 0) is 6.18 Å². The van der Waals surface area contributed by atoms with Crippen LogP contribution >= 0.6 is 0 Å². The number of hydrogen-bond donors (Lipinski definition) is 2. The third-order valence-electron chi connectivity index (χ3n) is 1.71. The molecule has 0 saturated heterocycles. The molecule has 1 rings (SSSR count). The predicted molar refractivity (Wildman–Crippen MR) is 45.8 cm³/mol. The third-order valence-corrected chi connectivity index (χ3v) is 1.71. The Morgan fingerprint density at radius 1 is 1.36 bits per heavy atom. The normalized spacial score (nSPS) is 11.1. The molecule has 0 heterocycles. The molecule has 0 saturated carbocycles. The van der Waals surface area contributed by atoms with Gasteiger partial charge in [0.1, 0.15) is 5.69 Å². The summed E-state index contributed by atoms with van der Waals surface area (Å²) < 4.78 is 36.7. The summed E-state index contributed by atoms with van der Waals surface area (Å²) in [4.78, 5) is 0. The number of hydrogen-bond acceptors (Lipinski definition) is 3. The van der Waals surface area contributed by atoms with Gasteiger partial charge in [0.2, 0.25) is 0 Å². The van der Waals surface area contributed by atoms with E-state index in [-0.39, 0.29) is 11.4 Å². The van der Waals surface area contributed by atoms with Crippen LogP contribution in [-0.4, -0.2) is 7.05 Å². The fourth-order valence-electron chi connectivity index (χ4n) is 1.01. The van der Waals surface area contributed by atoms with Crippen LogP contribution in [0, 0.1) is 5.53 Å². The quantitative estimate of drug-likeness (QED) is 0.711. The molecule has 0 aromatic heterocycles. The van der Waals surface area contributed by atoms with E-state index < -0.39 is 11.7 Å². The molecule has 1 aromatic carbocycles. The van der Waals surface area contributed by atoms with Gasteiger partial charge in [-0.15, -0.1) is 0 Å². The molecule has 14 heavy (non-hydrogen) atoms. The molecule has 3 nitrogen and oxygen atoms in total. The van der Waals surface area contributed by atoms with Gasteiger partial charge in [0, 0.05) is 7.05 Å². The van der Waals surface area contributed by atoms with Gasteiger partial charge in [0.15, 0.2) is 0 Å². The van der Waals surface area contributed by atoms with E-state index >= 15 is 0 Å². The topological polar surface area (TPSA) is 48.2 Å². The van der Waals surface area contributed by atoms with Crippen molar-refractivity contribution in [3.63, 3.8) is 0 Å². The van der Waals surface area contributed by atoms with Crippen molar-refractivity contribution >= 4 is 11.4 Å². The maximum atomic E-state index is 12.2. The molecule has 0 spiro atoms. The molecule has 0 aliphatic rings. The summed E-state index contributed by atoms with van der Waals surface area (Å²) in [6, 6.07) is 2.98. The Labute approximate surface area is 78.4 Å². The minimum Gasteiger partial charge on any atom is -0.386 e. The Bertz CT molecular complexity index is 346. The van der Waals surface area contributed by atoms with E-state index in [0.29, 0.717) is 0 Å². The van der Waals surface area contributed by atoms with Gasteiger partial charge in [-0.2, -0.15) is 18.3 Å². The highest BCUT2D eigenvalue weighted by Crippen LogP contribution is 2.34. The molecule has 0 aliphatic carbocycles. The minimum absolute atomic E-state index is 0.181. The molecule has 0 unspecified atom stereocenters. The van der Waals surface area contributed by atoms with Gasteiger partial charge in [-0.25, -0.2) is 5.53 Å². The van der Waals surface area contributed by atoms with Crippen molar-refractivity contribution in [3.8, 4) is 0 Å². The van der Waals surface area contributed by atoms with Crippen LogP contribution in [0.5, 0.6) is 0 Å². The highest BCUT2D eigenvalue weighted by Gasteiger charge is 2.30. The van der Waals surface area contributed by atoms with Gasteiger partial charge in [0.05, 0.1) is 11.3 Å². The lowest BCUT2D eigenvalue weighted by atomic mass is 10.1. The fourth-order valence-corrected chi connectivity index (χ4v) is 1.01. The Hall–Kier alpha value is -1.59. The third kappa shape index (κ3) is 2.01. The average molecular weight is 203 g/mol. The molecule has 6 heteroatoms. The van der Waals surface area contributed by atoms with Gasteiger partial charge in [-0.1, -0.05) is 0 Å². The first kappa shape index (κ1) is 10.5. The molecule has 2 N–H and O–H groups in total. The Balaban J connectivity index is 3.21. The lowest BCUT2D eigenvalue weighted by molar-refractivity contribution is -0.137. The maximum absolute atomic E-state index is 12.2. The molecule has 0 aliphatic heterocycles. The molecule has 76 valence electrons. The lowest BCUT2D eigenvalue weighted by Gasteiger charge is -2.09. The zero-order chi connectivity index (χ0) is 10.8. The Morgan fingerprint density at radius 3 is 2.43 bits per heavy atom. The van der Waals surface area contributed by atoms with E-state index in [1.54, 1.807) is 0 Å². The standard InChI is InChI=1S/C8H8F3N3/c1-13-7-4-5(8(9,10)11)2-3-6(7)14-12/h2-4,12-13H,1H3. The van der Waals surface area contributed by atoms with Crippen LogP contribution in [0.2, 0.25) is 0 Å². The predicted octanol–water partition coefficient (Wildman–Crippen LogP) is 3.41. The average Bonchev–Trinajstić information content (AvgIpc) is 2.15. The van der Waals surface area contributed by atoms with Gasteiger partial charge in [-0.05, 0) is 18.2 Å². The van der Waals surface area contributed by atoms with E-state index in [0.717, 1.165) is 18.2 Å². The second-order valence-electron chi connectivity index (χ2n) is 2.59. The number of halogens is 3. The summed E-state index contributed by atoms with van der Waals surface area (Å²) >= 11 is 0. The smallest absolute Gasteiger partial charge is 0.386 e. The van der Waals surface area contributed by atoms with E-state index in [2.05, 4.69) is 10.4 Å². The van der Waals surface area contributed by atoms with Crippen LogP contribution in [0.1, 0.15) is 5.56 Å². The summed E-state index contributed by atoms with van der Waals surface area (Å²) in [5.74, 6) is 0. The van der Waals surface area contributed by atoms with Crippen molar-refractivity contribution in [2.75, 3.05) is 12.4 Å². The molecule has 0 fully saturated rings. The zero-order valence-corrected chi connectivity index (χ0v) is 7.31. The van der Waals surface area contributed by atoms with Crippen molar-refractivity contribution in [2.24, 2.45) is 5.11 Å². The zero-order valence-electron chi connectivity index (χ0n) is 7.31. The Kier molecular flexibility index (Phi) is 2.73. The van der Waals surface area contributed by atoms with Crippen molar-refractivity contribution in [1.82, 2.24) is 0 Å². The summed E-state index contributed by atoms with van der Waals surface area (Å²) in [5, 5.41) is 5.63. The largest absolute Gasteiger partial charge is 0.416 e. The second kappa shape index (κ2) is 3.65. The first-order chi connectivity index (χ1) is 6.49. The van der Waals surface area contributed by atoms with Gasteiger partial charge in [0.25, 0.3) is 0 Å². The van der Waals surface area contributed by atoms with Crippen molar-refractivity contribution in [2.45, 2.75) is 6.18 Å². The van der Waals surface area contributed by atoms with Crippen molar-refractivity contribution < 1.29 is 13.2 Å². The molecule has 0 amide bonds. The maximum Gasteiger partial charge on any atom is 0.416 e. The van der Waals surface area contributed by atoms with Gasteiger partial charge < -0.3 is 5.32 Å². The highest BCUT2D eigenvalue weighted by molar-refractivity contribution is 5.65. The van der Waals surface area contributed by atoms with E-state index in [1.165, 1.54) is 7.05 Å². The number of alkyl halides is 3. The molecule has 1 aromatic rings. The molecular formula is C8H8F3N3. The summed E-state index contributed by atoms with van der Waals surface area (Å²) in [6.07, 6.45) is -4.37. The number of benzene rings is 1. The van der Waals surface area contributed by atoms with Crippen molar-refractivity contribution in [3.05, 3.63) is 23.8 Å². The van der Waals surface area contributed by atoms with E-state index in [4.69, 9.17) is 5.53 Å². The minimum atomic E-state index is -4.37. The number of rotatable bonds is 2. The summed E-state index contributed by atoms with van der Waals surface area (Å²) in [6.45, 7) is 0. The summed E-state index contributed by atoms with van der Waals surface area (Å²) in [5.41, 5.74) is 6.33. The monoisotopic (exact) mass is 203 g/mol. The van der Waals surface area contributed by atoms with E-state index in [9.17, 15) is 13.2 Å². The number of nitrogens with one attached hydrogen (secondary N) is 2. The first-order valence-electron chi connectivity index (χ1n) is 3.75. The summed E-state index contributed by atoms with van der Waals surface area (Å²) in [7, 11) is 1.48. The molecule has 0 bridgehead atoms. The molecule has 0 radical (unpaired) electrons. The SMILES string of the molecule is CNc1cc(C(F)(F)F)ccc1N=N. The van der Waals surface area contributed by atoms with Crippen LogP contribution in [0.4, 0.5) is 24.5 Å². The molecule has 0 atom stereocenters. The van der Waals surface area contributed by atoms with Crippen LogP contribution in [0.25, 0.3) is 0 Å². The second-order valence-corrected chi connectivity index (χ2v) is 2.59. The molecular weight excluding hydrogens is 195 g/mol. The fraction of sp³-hybridized carbons (Fsp3) is 0.250. The van der Waals surface area contributed by atoms with Gasteiger partial charge >= 0.3 is 6.18 Å². The van der Waals surface area contributed by atoms with E-state index in [1.807, 2.05) is 0 Å². The van der Waals surface area contributed by atoms with Crippen LogP contribution < -0.4 is 5.32 Å². The highest BCUT2D eigenvalue weighted by atomic mass is 19.4. The van der Waals surface area contributed by atoms with Crippen LogP contribution in [0.15, 0.2) is 23.3 Å². The Morgan fingerprint density at radius 2 is 2.00 bits per heavy atom. The first-order valence-corrected chi connectivity index (χ1v) is 3.75. The number of nitrogens with zero attached hydrogens (tertiary/aromatic N) is 1. The lowest BCUT2D eigenvalue weighted by Crippen LogP contribution is -2.05. The van der Waals surface area contributed by atoms with Crippen molar-refractivity contribution in [1.29, 1.82) is 5.53 Å². The number of anilines is 1. The van der Waals surface area contributed by atoms with Crippen LogP contribution in [0.3, 0.4) is 0 Å².